The molecule has 32 heavy (non-hydrogen) atoms. The lowest BCUT2D eigenvalue weighted by atomic mass is 10.1. The van der Waals surface area contributed by atoms with Crippen LogP contribution in [0.5, 0.6) is 11.5 Å². The van der Waals surface area contributed by atoms with Crippen molar-refractivity contribution in [2.24, 2.45) is 0 Å². The second-order valence-corrected chi connectivity index (χ2v) is 8.00. The quantitative estimate of drug-likeness (QED) is 0.375. The van der Waals surface area contributed by atoms with E-state index in [0.29, 0.717) is 17.2 Å². The van der Waals surface area contributed by atoms with Crippen molar-refractivity contribution in [2.45, 2.75) is 11.5 Å². The summed E-state index contributed by atoms with van der Waals surface area (Å²) < 4.78 is 16.2. The first kappa shape index (κ1) is 20.2. The number of benzene rings is 2. The average Bonchev–Trinajstić information content (AvgIpc) is 3.25. The van der Waals surface area contributed by atoms with Gasteiger partial charge in [0.05, 0.1) is 18.3 Å². The minimum Gasteiger partial charge on any atom is -0.497 e. The molecule has 0 saturated carbocycles. The smallest absolute Gasteiger partial charge is 0.192 e. The lowest BCUT2D eigenvalue weighted by Crippen LogP contribution is -2.05. The summed E-state index contributed by atoms with van der Waals surface area (Å²) in [6.45, 7) is 0.223. The number of ether oxygens (including phenoxy) is 2. The Hall–Kier alpha value is -3.69. The predicted molar refractivity (Wildman–Crippen MR) is 124 cm³/mol. The molecule has 0 spiro atoms. The van der Waals surface area contributed by atoms with E-state index in [1.165, 1.54) is 0 Å². The number of aromatic nitrogens is 5. The van der Waals surface area contributed by atoms with Crippen LogP contribution >= 0.6 is 11.9 Å². The van der Waals surface area contributed by atoms with Crippen molar-refractivity contribution in [3.05, 3.63) is 72.7 Å². The molecule has 0 amide bonds. The Balaban J connectivity index is 1.41. The molecule has 0 aliphatic carbocycles. The third-order valence-electron chi connectivity index (χ3n) is 4.96. The largest absolute Gasteiger partial charge is 0.497 e. The second-order valence-electron chi connectivity index (χ2n) is 6.92. The summed E-state index contributed by atoms with van der Waals surface area (Å²) in [6, 6.07) is 19.6. The van der Waals surface area contributed by atoms with Gasteiger partial charge in [0.15, 0.2) is 11.5 Å². The van der Waals surface area contributed by atoms with Crippen LogP contribution in [0.25, 0.3) is 27.8 Å². The molecule has 0 saturated heterocycles. The third-order valence-corrected chi connectivity index (χ3v) is 5.68. The summed E-state index contributed by atoms with van der Waals surface area (Å²) in [7, 11) is 3.53. The van der Waals surface area contributed by atoms with Gasteiger partial charge in [-0.1, -0.05) is 12.1 Å². The van der Waals surface area contributed by atoms with E-state index in [-0.39, 0.29) is 6.61 Å². The van der Waals surface area contributed by atoms with E-state index in [9.17, 15) is 0 Å². The monoisotopic (exact) mass is 444 g/mol. The van der Waals surface area contributed by atoms with Gasteiger partial charge >= 0.3 is 0 Å². The van der Waals surface area contributed by atoms with Crippen LogP contribution < -0.4 is 14.2 Å². The molecule has 9 heteroatoms. The molecule has 1 N–H and O–H groups in total. The van der Waals surface area contributed by atoms with Crippen LogP contribution in [0.1, 0.15) is 5.82 Å². The van der Waals surface area contributed by atoms with E-state index in [0.717, 1.165) is 32.8 Å². The molecule has 160 valence electrons. The summed E-state index contributed by atoms with van der Waals surface area (Å²) in [5.41, 5.74) is 3.32. The van der Waals surface area contributed by atoms with Gasteiger partial charge in [-0.05, 0) is 61.5 Å². The van der Waals surface area contributed by atoms with Crippen molar-refractivity contribution in [1.29, 1.82) is 0 Å². The van der Waals surface area contributed by atoms with Crippen LogP contribution in [0.15, 0.2) is 71.8 Å². The first-order valence-corrected chi connectivity index (χ1v) is 10.8. The van der Waals surface area contributed by atoms with E-state index < -0.39 is 0 Å². The molecular weight excluding hydrogens is 424 g/mol. The Morgan fingerprint density at radius 2 is 1.88 bits per heavy atom. The van der Waals surface area contributed by atoms with Crippen molar-refractivity contribution < 1.29 is 9.47 Å². The van der Waals surface area contributed by atoms with Crippen LogP contribution in [0.2, 0.25) is 0 Å². The molecule has 0 bridgehead atoms. The minimum absolute atomic E-state index is 0.223. The van der Waals surface area contributed by atoms with Gasteiger partial charge in [0.1, 0.15) is 18.1 Å². The molecule has 5 rings (SSSR count). The Labute approximate surface area is 188 Å². The zero-order valence-corrected chi connectivity index (χ0v) is 18.3. The van der Waals surface area contributed by atoms with Gasteiger partial charge in [-0.25, -0.2) is 0 Å². The molecule has 0 radical (unpaired) electrons. The first-order valence-electron chi connectivity index (χ1n) is 9.96. The highest BCUT2D eigenvalue weighted by atomic mass is 32.2. The predicted octanol–water partition coefficient (Wildman–Crippen LogP) is 4.15. The molecule has 2 aromatic carbocycles. The summed E-state index contributed by atoms with van der Waals surface area (Å²) in [6.07, 6.45) is 1.71. The third kappa shape index (κ3) is 3.95. The van der Waals surface area contributed by atoms with E-state index in [1.54, 1.807) is 29.8 Å². The van der Waals surface area contributed by atoms with Crippen molar-refractivity contribution >= 4 is 28.5 Å². The minimum atomic E-state index is 0.223. The zero-order chi connectivity index (χ0) is 21.9. The van der Waals surface area contributed by atoms with Crippen molar-refractivity contribution in [2.75, 3.05) is 14.2 Å². The maximum Gasteiger partial charge on any atom is 0.192 e. The van der Waals surface area contributed by atoms with Gasteiger partial charge < -0.3 is 9.47 Å². The van der Waals surface area contributed by atoms with Crippen molar-refractivity contribution in [3.8, 4) is 22.8 Å². The number of pyridine rings is 1. The Morgan fingerprint density at radius 3 is 2.69 bits per heavy atom. The first-order chi connectivity index (χ1) is 15.7. The highest BCUT2D eigenvalue weighted by molar-refractivity contribution is 7.97. The topological polar surface area (TPSA) is 86.5 Å². The molecule has 0 fully saturated rings. The van der Waals surface area contributed by atoms with Crippen LogP contribution in [0.4, 0.5) is 0 Å². The highest BCUT2D eigenvalue weighted by Gasteiger charge is 2.11. The number of hydrogen-bond donors (Lipinski definition) is 1. The number of methoxy groups -OCH3 is 1. The molecule has 0 aliphatic heterocycles. The summed E-state index contributed by atoms with van der Waals surface area (Å²) in [4.78, 5) is 5.53. The van der Waals surface area contributed by atoms with Crippen molar-refractivity contribution in [3.63, 3.8) is 0 Å². The van der Waals surface area contributed by atoms with Crippen LogP contribution in [0.3, 0.4) is 0 Å². The molecule has 8 nitrogen and oxygen atoms in total. The maximum atomic E-state index is 6.08. The lowest BCUT2D eigenvalue weighted by molar-refractivity contribution is 0.296. The number of nitrogens with one attached hydrogen (secondary N) is 1. The Bertz CT molecular complexity index is 1390. The fraction of sp³-hybridized carbons (Fsp3) is 0.130. The lowest BCUT2D eigenvalue weighted by Gasteiger charge is -2.09. The van der Waals surface area contributed by atoms with Crippen LogP contribution in [-0.4, -0.2) is 39.0 Å². The molecule has 5 aromatic rings. The van der Waals surface area contributed by atoms with E-state index in [2.05, 4.69) is 32.0 Å². The molecule has 0 aliphatic rings. The molecule has 3 heterocycles. The highest BCUT2D eigenvalue weighted by Crippen LogP contribution is 2.28. The summed E-state index contributed by atoms with van der Waals surface area (Å²) in [5.74, 6) is 2.07. The zero-order valence-electron chi connectivity index (χ0n) is 17.5. The van der Waals surface area contributed by atoms with Crippen molar-refractivity contribution in [1.82, 2.24) is 29.5 Å². The van der Waals surface area contributed by atoms with Gasteiger partial charge in [-0.15, -0.1) is 10.2 Å². The Kier molecular flexibility index (Phi) is 5.57. The average molecular weight is 445 g/mol. The van der Waals surface area contributed by atoms with Gasteiger partial charge in [-0.3, -0.25) is 9.71 Å². The van der Waals surface area contributed by atoms with Crippen LogP contribution in [0, 0.1) is 0 Å². The van der Waals surface area contributed by atoms with Crippen LogP contribution in [-0.2, 0) is 6.61 Å². The number of fused-ring (bicyclic) bond motifs is 2. The summed E-state index contributed by atoms with van der Waals surface area (Å²) in [5, 5.41) is 14.1. The molecule has 0 unspecified atom stereocenters. The fourth-order valence-corrected chi connectivity index (χ4v) is 3.89. The molecule has 3 aromatic heterocycles. The number of hydrogen-bond acceptors (Lipinski definition) is 8. The fourth-order valence-electron chi connectivity index (χ4n) is 3.39. The SMILES string of the molecule is CNSc1ccc(-c2ccc3nnc(COc4ccnc5cc(OC)ccc45)n3n2)cc1. The van der Waals surface area contributed by atoms with Gasteiger partial charge in [0.2, 0.25) is 0 Å². The van der Waals surface area contributed by atoms with E-state index in [4.69, 9.17) is 14.6 Å². The molecule has 0 atom stereocenters. The number of rotatable bonds is 7. The van der Waals surface area contributed by atoms with Gasteiger partial charge in [-0.2, -0.15) is 9.61 Å². The second kappa shape index (κ2) is 8.81. The normalized spacial score (nSPS) is 11.2. The maximum absolute atomic E-state index is 6.08. The van der Waals surface area contributed by atoms with Gasteiger partial charge in [0, 0.05) is 28.1 Å². The van der Waals surface area contributed by atoms with E-state index in [1.807, 2.05) is 55.6 Å². The molecular formula is C23H20N6O2S. The number of nitrogens with zero attached hydrogens (tertiary/aromatic N) is 5. The summed E-state index contributed by atoms with van der Waals surface area (Å²) >= 11 is 1.57. The van der Waals surface area contributed by atoms with E-state index >= 15 is 0 Å². The standard InChI is InChI=1S/C23H20N6O2S/c1-24-32-17-6-3-15(4-7-17)19-9-10-22-26-27-23(29(22)28-19)14-31-21-11-12-25-20-13-16(30-2)5-8-18(20)21/h3-13,24H,14H2,1-2H3. The Morgan fingerprint density at radius 1 is 1.00 bits per heavy atom. The van der Waals surface area contributed by atoms with Gasteiger partial charge in [0.25, 0.3) is 0 Å².